The molecule has 336 valence electrons. The molecule has 15 nitrogen and oxygen atoms in total. The number of halogens is 1. The number of benzene rings is 4. The number of thioether (sulfide) groups is 1. The van der Waals surface area contributed by atoms with Gasteiger partial charge in [0.2, 0.25) is 6.79 Å². The average molecular weight is 922 g/mol. The molecule has 3 heterocycles. The molecule has 18 heteroatoms. The van der Waals surface area contributed by atoms with Crippen molar-refractivity contribution in [2.45, 2.75) is 44.6 Å². The Labute approximate surface area is 381 Å². The maximum Gasteiger partial charge on any atom is 0.535 e. The van der Waals surface area contributed by atoms with Crippen LogP contribution in [0.15, 0.2) is 137 Å². The predicted molar refractivity (Wildman–Crippen MR) is 240 cm³/mol. The molecule has 1 saturated heterocycles. The van der Waals surface area contributed by atoms with Crippen LogP contribution < -0.4 is 15.4 Å². The van der Waals surface area contributed by atoms with E-state index < -0.39 is 70.6 Å². The van der Waals surface area contributed by atoms with Gasteiger partial charge in [0.05, 0.1) is 12.0 Å². The molecule has 2 aliphatic heterocycles. The maximum atomic E-state index is 14.2. The fourth-order valence-electron chi connectivity index (χ4n) is 6.95. The van der Waals surface area contributed by atoms with Crippen LogP contribution in [0.2, 0.25) is 0 Å². The molecular formula is C47H44FN5O10S2. The number of nitrogens with one attached hydrogen (secondary N) is 2. The Hall–Kier alpha value is -7.05. The number of anilines is 1. The molecule has 1 fully saturated rings. The summed E-state index contributed by atoms with van der Waals surface area (Å²) in [6, 6.07) is 33.6. The quantitative estimate of drug-likeness (QED) is 0.0190. The molecule has 1 unspecified atom stereocenters. The number of ether oxygens (including phenoxy) is 4. The molecule has 65 heavy (non-hydrogen) atoms. The molecule has 0 bridgehead atoms. The first kappa shape index (κ1) is 46.0. The summed E-state index contributed by atoms with van der Waals surface area (Å²) in [5.74, 6) is -3.45. The highest BCUT2D eigenvalue weighted by Gasteiger charge is 2.55. The van der Waals surface area contributed by atoms with E-state index in [2.05, 4.69) is 15.8 Å². The highest BCUT2D eigenvalue weighted by molar-refractivity contribution is 8.00. The summed E-state index contributed by atoms with van der Waals surface area (Å²) < 4.78 is 35.1. The van der Waals surface area contributed by atoms with Gasteiger partial charge in [0.15, 0.2) is 10.8 Å². The number of aromatic nitrogens is 1. The Kier molecular flexibility index (Phi) is 14.3. The molecule has 2 amide bonds. The number of oxime groups is 1. The van der Waals surface area contributed by atoms with Gasteiger partial charge < -0.3 is 29.6 Å². The van der Waals surface area contributed by atoms with Crippen molar-refractivity contribution < 1.29 is 52.1 Å². The highest BCUT2D eigenvalue weighted by atomic mass is 32.2. The minimum atomic E-state index is -1.20. The molecule has 0 radical (unpaired) electrons. The van der Waals surface area contributed by atoms with Crippen LogP contribution in [0, 0.1) is 11.2 Å². The summed E-state index contributed by atoms with van der Waals surface area (Å²) in [4.78, 5) is 77.6. The van der Waals surface area contributed by atoms with Crippen LogP contribution in [0.4, 0.5) is 14.3 Å². The number of carbonyl (C=O) groups excluding carboxylic acids is 5. The van der Waals surface area contributed by atoms with E-state index in [4.69, 9.17) is 28.8 Å². The second kappa shape index (κ2) is 20.2. The monoisotopic (exact) mass is 921 g/mol. The smallest absolute Gasteiger partial charge is 0.489 e. The lowest BCUT2D eigenvalue weighted by Gasteiger charge is -2.49. The van der Waals surface area contributed by atoms with E-state index in [0.717, 1.165) is 21.6 Å². The Morgan fingerprint density at radius 3 is 2.08 bits per heavy atom. The highest BCUT2D eigenvalue weighted by Crippen LogP contribution is 2.42. The van der Waals surface area contributed by atoms with Gasteiger partial charge in [-0.1, -0.05) is 102 Å². The van der Waals surface area contributed by atoms with Crippen molar-refractivity contribution in [3.63, 3.8) is 0 Å². The van der Waals surface area contributed by atoms with E-state index in [1.54, 1.807) is 33.1 Å². The molecule has 4 aromatic carbocycles. The Bertz CT molecular complexity index is 2510. The van der Waals surface area contributed by atoms with Gasteiger partial charge >= 0.3 is 18.1 Å². The van der Waals surface area contributed by atoms with Gasteiger partial charge in [-0.25, -0.2) is 19.0 Å². The van der Waals surface area contributed by atoms with Crippen molar-refractivity contribution in [1.29, 1.82) is 0 Å². The third kappa shape index (κ3) is 10.3. The number of fused-ring (bicyclic) bond motifs is 1. The lowest BCUT2D eigenvalue weighted by molar-refractivity contribution is -0.173. The van der Waals surface area contributed by atoms with Crippen molar-refractivity contribution in [2.24, 2.45) is 10.6 Å². The number of hydrogen-bond donors (Lipinski definition) is 2. The fraction of sp³-hybridized carbons (Fsp3) is 0.255. The standard InChI is InChI=1S/C47H44FN5O10S2/c1-5-59-45(58)63-52-36(35-27-65-44(49-35)51-47(30-16-9-6-10-17-30,31-18-11-7-12-19-31)32-20-13-8-14-21-32)39(54)50-37-40(55)53-38(42(56)61-28-62-43(57)46(2,3)4)29(26-64-41(37)53)25-60-34-23-15-22-33(48)24-34/h6-24,27,37,41H,5,25-26,28H2,1-4H3,(H,49,51)(H,50,54)/t37?,41-/m0/s1. The van der Waals surface area contributed by atoms with Crippen LogP contribution in [0.1, 0.15) is 50.1 Å². The zero-order chi connectivity index (χ0) is 46.1. The van der Waals surface area contributed by atoms with Crippen LogP contribution >= 0.6 is 23.1 Å². The van der Waals surface area contributed by atoms with Crippen LogP contribution in [0.5, 0.6) is 5.75 Å². The lowest BCUT2D eigenvalue weighted by atomic mass is 9.77. The Morgan fingerprint density at radius 1 is 0.862 bits per heavy atom. The van der Waals surface area contributed by atoms with Gasteiger partial charge in [0.1, 0.15) is 46.5 Å². The molecule has 5 aromatic rings. The summed E-state index contributed by atoms with van der Waals surface area (Å²) >= 11 is 2.39. The maximum absolute atomic E-state index is 14.2. The Balaban J connectivity index is 1.16. The van der Waals surface area contributed by atoms with Gasteiger partial charge in [-0.05, 0) is 56.5 Å². The number of hydrogen-bond acceptors (Lipinski definition) is 15. The molecular weight excluding hydrogens is 878 g/mol. The van der Waals surface area contributed by atoms with Crippen LogP contribution in [-0.2, 0) is 43.8 Å². The van der Waals surface area contributed by atoms with E-state index in [1.165, 1.54) is 47.4 Å². The largest absolute Gasteiger partial charge is 0.535 e. The van der Waals surface area contributed by atoms with Crippen molar-refractivity contribution in [3.05, 3.63) is 160 Å². The van der Waals surface area contributed by atoms with E-state index in [9.17, 15) is 28.4 Å². The molecule has 7 rings (SSSR count). The summed E-state index contributed by atoms with van der Waals surface area (Å²) in [5.41, 5.74) is 0.559. The number of β-lactam (4-membered cyclic amide) rings is 1. The Morgan fingerprint density at radius 2 is 1.49 bits per heavy atom. The number of carbonyl (C=O) groups is 5. The van der Waals surface area contributed by atoms with E-state index in [1.807, 2.05) is 91.0 Å². The molecule has 0 aliphatic carbocycles. The number of amides is 2. The second-order valence-corrected chi connectivity index (χ2v) is 17.5. The second-order valence-electron chi connectivity index (χ2n) is 15.5. The minimum absolute atomic E-state index is 0.00746. The predicted octanol–water partition coefficient (Wildman–Crippen LogP) is 7.39. The number of nitrogens with zero attached hydrogens (tertiary/aromatic N) is 3. The summed E-state index contributed by atoms with van der Waals surface area (Å²) in [5, 5.41) is 11.3. The molecule has 2 aliphatic rings. The number of thiazole rings is 1. The first-order valence-electron chi connectivity index (χ1n) is 20.3. The van der Waals surface area contributed by atoms with Gasteiger partial charge in [0.25, 0.3) is 11.8 Å². The molecule has 0 saturated carbocycles. The fourth-order valence-corrected chi connectivity index (χ4v) is 9.03. The van der Waals surface area contributed by atoms with E-state index in [-0.39, 0.29) is 36.1 Å². The van der Waals surface area contributed by atoms with Crippen LogP contribution in [0.3, 0.4) is 0 Å². The van der Waals surface area contributed by atoms with Crippen molar-refractivity contribution in [1.82, 2.24) is 15.2 Å². The van der Waals surface area contributed by atoms with Gasteiger partial charge in [-0.2, -0.15) is 0 Å². The zero-order valence-electron chi connectivity index (χ0n) is 35.6. The third-order valence-corrected chi connectivity index (χ3v) is 12.2. The van der Waals surface area contributed by atoms with Crippen LogP contribution in [-0.4, -0.2) is 82.7 Å². The first-order valence-corrected chi connectivity index (χ1v) is 22.3. The minimum Gasteiger partial charge on any atom is -0.489 e. The molecule has 1 aromatic heterocycles. The molecule has 2 atom stereocenters. The van der Waals surface area contributed by atoms with Crippen LogP contribution in [0.25, 0.3) is 0 Å². The summed E-state index contributed by atoms with van der Waals surface area (Å²) in [6.45, 7) is 5.49. The van der Waals surface area contributed by atoms with Gasteiger partial charge in [-0.3, -0.25) is 24.1 Å². The first-order chi connectivity index (χ1) is 31.3. The normalized spacial score (nSPS) is 16.1. The summed E-state index contributed by atoms with van der Waals surface area (Å²) in [7, 11) is 0. The third-order valence-electron chi connectivity index (χ3n) is 10.1. The van der Waals surface area contributed by atoms with E-state index in [0.29, 0.717) is 10.7 Å². The zero-order valence-corrected chi connectivity index (χ0v) is 37.3. The summed E-state index contributed by atoms with van der Waals surface area (Å²) in [6.07, 6.45) is -1.18. The topological polar surface area (TPSA) is 184 Å². The van der Waals surface area contributed by atoms with Gasteiger partial charge in [0, 0.05) is 22.8 Å². The van der Waals surface area contributed by atoms with Crippen molar-refractivity contribution >= 4 is 63.9 Å². The number of esters is 2. The lowest BCUT2D eigenvalue weighted by Crippen LogP contribution is -2.71. The van der Waals surface area contributed by atoms with Gasteiger partial charge in [-0.15, -0.1) is 23.1 Å². The average Bonchev–Trinajstić information content (AvgIpc) is 3.77. The SMILES string of the molecule is CCOC(=O)ON=C(C(=O)NC1C(=O)N2C(C(=O)OCOC(=O)C(C)(C)C)=C(COc3cccc(F)c3)CS[C@@H]12)c1csc(NC(c2ccccc2)(c2ccccc2)c2ccccc2)n1. The van der Waals surface area contributed by atoms with Crippen molar-refractivity contribution in [2.75, 3.05) is 31.1 Å². The van der Waals surface area contributed by atoms with Crippen molar-refractivity contribution in [3.8, 4) is 5.75 Å². The molecule has 2 N–H and O–H groups in total. The van der Waals surface area contributed by atoms with E-state index >= 15 is 0 Å². The number of rotatable bonds is 16. The molecule has 0 spiro atoms.